The molecule has 0 aliphatic carbocycles. The number of ether oxygens (including phenoxy) is 1. The van der Waals surface area contributed by atoms with Crippen LogP contribution in [0.2, 0.25) is 0 Å². The summed E-state index contributed by atoms with van der Waals surface area (Å²) in [6.07, 6.45) is -0.271. The van der Waals surface area contributed by atoms with E-state index in [4.69, 9.17) is 5.73 Å². The Kier molecular flexibility index (Phi) is 3.29. The standard InChI is InChI=1S/C6H13N3O4S/c1-13-6(10)8-14(11,12)9-4-2-3-5(9)7/h5H,2-4,7H2,1H3,(H,8,10). The Bertz CT molecular complexity index is 315. The lowest BCUT2D eigenvalue weighted by molar-refractivity contribution is 0.177. The van der Waals surface area contributed by atoms with Gasteiger partial charge >= 0.3 is 16.3 Å². The zero-order valence-corrected chi connectivity index (χ0v) is 8.58. The molecule has 0 aromatic rings. The first-order chi connectivity index (χ1) is 6.47. The van der Waals surface area contributed by atoms with Gasteiger partial charge in [-0.05, 0) is 12.8 Å². The van der Waals surface area contributed by atoms with E-state index in [1.54, 1.807) is 4.72 Å². The summed E-state index contributed by atoms with van der Waals surface area (Å²) in [5, 5.41) is 0. The van der Waals surface area contributed by atoms with Gasteiger partial charge in [-0.25, -0.2) is 9.52 Å². The lowest BCUT2D eigenvalue weighted by Crippen LogP contribution is -2.48. The molecule has 0 radical (unpaired) electrons. The molecule has 1 heterocycles. The van der Waals surface area contributed by atoms with Crippen molar-refractivity contribution in [3.63, 3.8) is 0 Å². The van der Waals surface area contributed by atoms with Crippen molar-refractivity contribution in [3.8, 4) is 0 Å². The first kappa shape index (κ1) is 11.2. The van der Waals surface area contributed by atoms with Crippen molar-refractivity contribution in [2.75, 3.05) is 13.7 Å². The molecule has 0 aromatic heterocycles. The maximum atomic E-state index is 11.4. The minimum Gasteiger partial charge on any atom is -0.452 e. The number of nitrogens with zero attached hydrogens (tertiary/aromatic N) is 1. The molecule has 1 atom stereocenters. The van der Waals surface area contributed by atoms with E-state index in [0.29, 0.717) is 19.4 Å². The molecule has 1 saturated heterocycles. The van der Waals surface area contributed by atoms with Crippen LogP contribution in [0.5, 0.6) is 0 Å². The molecule has 8 heteroatoms. The number of carbonyl (C=O) groups is 1. The average Bonchev–Trinajstić information content (AvgIpc) is 2.51. The van der Waals surface area contributed by atoms with E-state index in [1.807, 2.05) is 0 Å². The Morgan fingerprint density at radius 2 is 2.29 bits per heavy atom. The highest BCUT2D eigenvalue weighted by atomic mass is 32.2. The highest BCUT2D eigenvalue weighted by Crippen LogP contribution is 2.15. The molecule has 1 unspecified atom stereocenters. The lowest BCUT2D eigenvalue weighted by Gasteiger charge is -2.19. The largest absolute Gasteiger partial charge is 0.452 e. The van der Waals surface area contributed by atoms with E-state index in [2.05, 4.69) is 4.74 Å². The van der Waals surface area contributed by atoms with Gasteiger partial charge in [0.25, 0.3) is 0 Å². The van der Waals surface area contributed by atoms with Gasteiger partial charge in [0.2, 0.25) is 0 Å². The molecule has 0 saturated carbocycles. The lowest BCUT2D eigenvalue weighted by atomic mass is 10.3. The van der Waals surface area contributed by atoms with Gasteiger partial charge in [-0.2, -0.15) is 12.7 Å². The summed E-state index contributed by atoms with van der Waals surface area (Å²) in [6.45, 7) is 0.327. The molecule has 1 amide bonds. The normalized spacial score (nSPS) is 23.4. The first-order valence-electron chi connectivity index (χ1n) is 4.10. The minimum atomic E-state index is -3.84. The van der Waals surface area contributed by atoms with Crippen molar-refractivity contribution >= 4 is 16.3 Å². The Balaban J connectivity index is 2.70. The van der Waals surface area contributed by atoms with Crippen molar-refractivity contribution in [3.05, 3.63) is 0 Å². The van der Waals surface area contributed by atoms with Gasteiger partial charge in [-0.15, -0.1) is 0 Å². The number of hydrogen-bond acceptors (Lipinski definition) is 5. The second kappa shape index (κ2) is 4.11. The van der Waals surface area contributed by atoms with Crippen LogP contribution < -0.4 is 10.5 Å². The van der Waals surface area contributed by atoms with Gasteiger partial charge in [0.05, 0.1) is 13.3 Å². The molecule has 7 nitrogen and oxygen atoms in total. The van der Waals surface area contributed by atoms with Crippen molar-refractivity contribution in [1.82, 2.24) is 9.03 Å². The second-order valence-corrected chi connectivity index (χ2v) is 4.54. The van der Waals surface area contributed by atoms with E-state index < -0.39 is 22.5 Å². The maximum absolute atomic E-state index is 11.4. The number of methoxy groups -OCH3 is 1. The quantitative estimate of drug-likeness (QED) is 0.623. The first-order valence-corrected chi connectivity index (χ1v) is 5.54. The number of hydrogen-bond donors (Lipinski definition) is 2. The van der Waals surface area contributed by atoms with Crippen molar-refractivity contribution < 1.29 is 17.9 Å². The fourth-order valence-electron chi connectivity index (χ4n) is 1.27. The molecule has 3 N–H and O–H groups in total. The van der Waals surface area contributed by atoms with Crippen molar-refractivity contribution in [1.29, 1.82) is 0 Å². The molecule has 0 spiro atoms. The van der Waals surface area contributed by atoms with Crippen LogP contribution in [0.15, 0.2) is 0 Å². The van der Waals surface area contributed by atoms with Gasteiger partial charge in [0.15, 0.2) is 0 Å². The maximum Gasteiger partial charge on any atom is 0.421 e. The van der Waals surface area contributed by atoms with E-state index in [1.165, 1.54) is 0 Å². The molecule has 0 bridgehead atoms. The topological polar surface area (TPSA) is 102 Å². The second-order valence-electron chi connectivity index (χ2n) is 2.92. The highest BCUT2D eigenvalue weighted by Gasteiger charge is 2.33. The summed E-state index contributed by atoms with van der Waals surface area (Å²) in [6, 6.07) is 0. The predicted molar refractivity (Wildman–Crippen MR) is 48.4 cm³/mol. The molecule has 14 heavy (non-hydrogen) atoms. The van der Waals surface area contributed by atoms with Gasteiger partial charge in [-0.3, -0.25) is 0 Å². The van der Waals surface area contributed by atoms with Crippen LogP contribution in [0.3, 0.4) is 0 Å². The fraction of sp³-hybridized carbons (Fsp3) is 0.833. The molecular weight excluding hydrogens is 210 g/mol. The number of carbonyl (C=O) groups excluding carboxylic acids is 1. The van der Waals surface area contributed by atoms with Crippen LogP contribution in [0, 0.1) is 0 Å². The van der Waals surface area contributed by atoms with Gasteiger partial charge in [0, 0.05) is 6.54 Å². The third kappa shape index (κ3) is 2.34. The molecule has 1 aliphatic rings. The molecular formula is C6H13N3O4S. The minimum absolute atomic E-state index is 0.327. The van der Waals surface area contributed by atoms with Crippen LogP contribution in [-0.2, 0) is 14.9 Å². The zero-order valence-electron chi connectivity index (χ0n) is 7.76. The average molecular weight is 223 g/mol. The molecule has 1 fully saturated rings. The monoisotopic (exact) mass is 223 g/mol. The Morgan fingerprint density at radius 3 is 2.71 bits per heavy atom. The van der Waals surface area contributed by atoms with E-state index in [-0.39, 0.29) is 0 Å². The summed E-state index contributed by atoms with van der Waals surface area (Å²) in [7, 11) is -2.74. The number of nitrogens with two attached hydrogens (primary N) is 1. The predicted octanol–water partition coefficient (Wildman–Crippen LogP) is -1.03. The SMILES string of the molecule is COC(=O)NS(=O)(=O)N1CCCC1N. The van der Waals surface area contributed by atoms with Crippen LogP contribution in [0.1, 0.15) is 12.8 Å². The highest BCUT2D eigenvalue weighted by molar-refractivity contribution is 7.87. The van der Waals surface area contributed by atoms with Gasteiger partial charge in [0.1, 0.15) is 0 Å². The van der Waals surface area contributed by atoms with E-state index >= 15 is 0 Å². The summed E-state index contributed by atoms with van der Waals surface area (Å²) in [5.74, 6) is 0. The van der Waals surface area contributed by atoms with Crippen molar-refractivity contribution in [2.45, 2.75) is 19.0 Å². The van der Waals surface area contributed by atoms with Crippen LogP contribution in [-0.4, -0.2) is 38.6 Å². The molecule has 82 valence electrons. The third-order valence-corrected chi connectivity index (χ3v) is 3.45. The van der Waals surface area contributed by atoms with Crippen LogP contribution in [0.4, 0.5) is 4.79 Å². The summed E-state index contributed by atoms with van der Waals surface area (Å²) in [4.78, 5) is 10.7. The number of nitrogens with one attached hydrogen (secondary N) is 1. The van der Waals surface area contributed by atoms with Crippen molar-refractivity contribution in [2.24, 2.45) is 5.73 Å². The third-order valence-electron chi connectivity index (χ3n) is 1.95. The molecule has 1 rings (SSSR count). The number of rotatable bonds is 2. The Hall–Kier alpha value is -0.860. The summed E-state index contributed by atoms with van der Waals surface area (Å²) in [5.41, 5.74) is 5.54. The summed E-state index contributed by atoms with van der Waals surface area (Å²) < 4.78 is 29.9. The van der Waals surface area contributed by atoms with Gasteiger partial charge in [-0.1, -0.05) is 0 Å². The number of amides is 1. The molecule has 1 aliphatic heterocycles. The summed E-state index contributed by atoms with van der Waals surface area (Å²) >= 11 is 0. The van der Waals surface area contributed by atoms with Crippen LogP contribution >= 0.6 is 0 Å². The van der Waals surface area contributed by atoms with Crippen LogP contribution in [0.25, 0.3) is 0 Å². The molecule has 0 aromatic carbocycles. The van der Waals surface area contributed by atoms with Gasteiger partial charge < -0.3 is 10.5 Å². The fourth-order valence-corrected chi connectivity index (χ4v) is 2.51. The smallest absolute Gasteiger partial charge is 0.421 e. The van der Waals surface area contributed by atoms with E-state index in [0.717, 1.165) is 11.4 Å². The zero-order chi connectivity index (χ0) is 10.8. The van der Waals surface area contributed by atoms with E-state index in [9.17, 15) is 13.2 Å². The Labute approximate surface area is 82.4 Å². The Morgan fingerprint density at radius 1 is 1.64 bits per heavy atom.